The monoisotopic (exact) mass is 278 g/mol. The average molecular weight is 279 g/mol. The Morgan fingerprint density at radius 2 is 1.74 bits per heavy atom. The van der Waals surface area contributed by atoms with Gasteiger partial charge in [0.05, 0.1) is 0 Å². The van der Waals surface area contributed by atoms with E-state index in [0.29, 0.717) is 11.2 Å². The van der Waals surface area contributed by atoms with E-state index in [4.69, 9.17) is 0 Å². The smallest absolute Gasteiger partial charge is 0.00346 e. The lowest BCUT2D eigenvalue weighted by Crippen LogP contribution is -2.26. The SMILES string of the molecule is CC.CCC(C)/C=c1/cccc/c1=C(/C)SC(C)C. The van der Waals surface area contributed by atoms with Crippen LogP contribution in [0.15, 0.2) is 24.3 Å². The fourth-order valence-electron chi connectivity index (χ4n) is 1.80. The molecule has 0 amide bonds. The lowest BCUT2D eigenvalue weighted by Gasteiger charge is -2.06. The predicted octanol–water partition coefficient (Wildman–Crippen LogP) is 4.81. The first kappa shape index (κ1) is 18.3. The maximum absolute atomic E-state index is 2.39. The van der Waals surface area contributed by atoms with Gasteiger partial charge in [-0.25, -0.2) is 0 Å². The highest BCUT2D eigenvalue weighted by molar-refractivity contribution is 8.08. The van der Waals surface area contributed by atoms with Crippen molar-refractivity contribution in [3.05, 3.63) is 34.7 Å². The summed E-state index contributed by atoms with van der Waals surface area (Å²) in [5, 5.41) is 3.42. The van der Waals surface area contributed by atoms with Crippen molar-refractivity contribution in [2.45, 2.75) is 60.1 Å². The Kier molecular flexibility index (Phi) is 9.77. The fraction of sp³-hybridized carbons (Fsp3) is 0.556. The third-order valence-corrected chi connectivity index (χ3v) is 3.91. The summed E-state index contributed by atoms with van der Waals surface area (Å²) in [4.78, 5) is 1.43. The molecule has 0 N–H and O–H groups in total. The maximum Gasteiger partial charge on any atom is 0.00346 e. The molecule has 0 saturated heterocycles. The molecular formula is C18H30S. The van der Waals surface area contributed by atoms with Crippen LogP contribution in [0, 0.1) is 5.92 Å². The second-order valence-electron chi connectivity index (χ2n) is 4.86. The molecule has 0 nitrogen and oxygen atoms in total. The van der Waals surface area contributed by atoms with Crippen LogP contribution in [0.1, 0.15) is 54.9 Å². The molecule has 0 aliphatic heterocycles. The van der Waals surface area contributed by atoms with Crippen molar-refractivity contribution in [2.75, 3.05) is 0 Å². The van der Waals surface area contributed by atoms with Crippen LogP contribution in [0.3, 0.4) is 0 Å². The Hall–Kier alpha value is -0.690. The van der Waals surface area contributed by atoms with Crippen LogP contribution in [0.25, 0.3) is 11.0 Å². The van der Waals surface area contributed by atoms with Crippen molar-refractivity contribution in [3.8, 4) is 0 Å². The van der Waals surface area contributed by atoms with Gasteiger partial charge in [0.15, 0.2) is 0 Å². The number of benzene rings is 1. The summed E-state index contributed by atoms with van der Waals surface area (Å²) in [7, 11) is 0. The van der Waals surface area contributed by atoms with Crippen LogP contribution in [0.4, 0.5) is 0 Å². The van der Waals surface area contributed by atoms with Crippen LogP contribution < -0.4 is 10.4 Å². The predicted molar refractivity (Wildman–Crippen MR) is 92.8 cm³/mol. The van der Waals surface area contributed by atoms with Gasteiger partial charge in [0.25, 0.3) is 0 Å². The minimum Gasteiger partial charge on any atom is -0.127 e. The Bertz CT molecular complexity index is 457. The Labute approximate surface area is 124 Å². The van der Waals surface area contributed by atoms with Crippen molar-refractivity contribution in [1.82, 2.24) is 0 Å². The van der Waals surface area contributed by atoms with Gasteiger partial charge in [-0.05, 0) is 28.2 Å². The number of rotatable bonds is 4. The van der Waals surface area contributed by atoms with E-state index in [9.17, 15) is 0 Å². The van der Waals surface area contributed by atoms with Gasteiger partial charge in [0.1, 0.15) is 0 Å². The molecule has 0 heterocycles. The highest BCUT2D eigenvalue weighted by Gasteiger charge is 1.99. The molecule has 0 spiro atoms. The van der Waals surface area contributed by atoms with E-state index < -0.39 is 0 Å². The highest BCUT2D eigenvalue weighted by Crippen LogP contribution is 2.19. The molecule has 0 aliphatic rings. The van der Waals surface area contributed by atoms with Gasteiger partial charge < -0.3 is 0 Å². The van der Waals surface area contributed by atoms with Gasteiger partial charge in [-0.15, -0.1) is 11.8 Å². The van der Waals surface area contributed by atoms with E-state index in [0.717, 1.165) is 0 Å². The molecule has 0 aromatic heterocycles. The molecule has 108 valence electrons. The number of hydrogen-bond donors (Lipinski definition) is 0. The van der Waals surface area contributed by atoms with E-state index in [1.165, 1.54) is 21.8 Å². The topological polar surface area (TPSA) is 0 Å². The normalized spacial score (nSPS) is 14.8. The molecule has 0 radical (unpaired) electrons. The van der Waals surface area contributed by atoms with Gasteiger partial charge in [0.2, 0.25) is 0 Å². The first-order chi connectivity index (χ1) is 9.04. The molecule has 1 aromatic carbocycles. The minimum absolute atomic E-state index is 0.645. The third-order valence-electron chi connectivity index (χ3n) is 2.86. The summed E-state index contributed by atoms with van der Waals surface area (Å²) < 4.78 is 0. The van der Waals surface area contributed by atoms with Crippen molar-refractivity contribution >= 4 is 22.7 Å². The first-order valence-corrected chi connectivity index (χ1v) is 8.37. The van der Waals surface area contributed by atoms with Crippen LogP contribution in [0.2, 0.25) is 0 Å². The Morgan fingerprint density at radius 1 is 1.16 bits per heavy atom. The molecule has 0 saturated carbocycles. The molecule has 0 aliphatic carbocycles. The molecule has 1 rings (SSSR count). The Balaban J connectivity index is 0.00000154. The van der Waals surface area contributed by atoms with E-state index in [2.05, 4.69) is 65.0 Å². The summed E-state index contributed by atoms with van der Waals surface area (Å²) in [6, 6.07) is 8.73. The first-order valence-electron chi connectivity index (χ1n) is 7.49. The summed E-state index contributed by atoms with van der Waals surface area (Å²) in [5.41, 5.74) is 0. The van der Waals surface area contributed by atoms with Crippen molar-refractivity contribution < 1.29 is 0 Å². The van der Waals surface area contributed by atoms with Gasteiger partial charge in [-0.1, -0.05) is 78.3 Å². The molecule has 1 heteroatoms. The fourth-order valence-corrected chi connectivity index (χ4v) is 2.82. The van der Waals surface area contributed by atoms with E-state index in [1.807, 2.05) is 25.6 Å². The summed E-state index contributed by atoms with van der Waals surface area (Å²) >= 11 is 1.95. The average Bonchev–Trinajstić information content (AvgIpc) is 2.40. The van der Waals surface area contributed by atoms with Crippen LogP contribution >= 0.6 is 11.8 Å². The van der Waals surface area contributed by atoms with Crippen LogP contribution in [0.5, 0.6) is 0 Å². The second kappa shape index (κ2) is 10.1. The van der Waals surface area contributed by atoms with Gasteiger partial charge in [-0.2, -0.15) is 0 Å². The third kappa shape index (κ3) is 6.87. The van der Waals surface area contributed by atoms with Gasteiger partial charge in [0, 0.05) is 5.25 Å². The van der Waals surface area contributed by atoms with E-state index in [-0.39, 0.29) is 0 Å². The zero-order valence-electron chi connectivity index (χ0n) is 13.7. The Morgan fingerprint density at radius 3 is 2.26 bits per heavy atom. The van der Waals surface area contributed by atoms with Crippen molar-refractivity contribution in [3.63, 3.8) is 0 Å². The lowest BCUT2D eigenvalue weighted by molar-refractivity contribution is 0.734. The molecule has 1 aromatic rings. The number of hydrogen-bond acceptors (Lipinski definition) is 1. The summed E-state index contributed by atoms with van der Waals surface area (Å²) in [6.45, 7) is 15.2. The standard InChI is InChI=1S/C16H24S.C2H6/c1-6-13(4)11-15-9-7-8-10-16(15)14(5)17-12(2)3;1-2/h7-13H,6H2,1-5H3;1-2H3/b15-11-,16-14+;. The molecule has 1 unspecified atom stereocenters. The largest absolute Gasteiger partial charge is 0.127 e. The molecule has 1 atom stereocenters. The molecule has 19 heavy (non-hydrogen) atoms. The summed E-state index contributed by atoms with van der Waals surface area (Å²) in [6.07, 6.45) is 3.59. The minimum atomic E-state index is 0.645. The quantitative estimate of drug-likeness (QED) is 0.761. The van der Waals surface area contributed by atoms with Crippen molar-refractivity contribution in [1.29, 1.82) is 0 Å². The van der Waals surface area contributed by atoms with Crippen molar-refractivity contribution in [2.24, 2.45) is 5.92 Å². The maximum atomic E-state index is 2.39. The second-order valence-corrected chi connectivity index (χ2v) is 6.65. The molecule has 0 bridgehead atoms. The van der Waals surface area contributed by atoms with Gasteiger partial charge in [-0.3, -0.25) is 0 Å². The highest BCUT2D eigenvalue weighted by atomic mass is 32.2. The summed E-state index contributed by atoms with van der Waals surface area (Å²) in [5.74, 6) is 0.646. The zero-order valence-corrected chi connectivity index (χ0v) is 14.5. The molecule has 0 fully saturated rings. The van der Waals surface area contributed by atoms with Crippen LogP contribution in [-0.2, 0) is 0 Å². The number of thioether (sulfide) groups is 1. The molecular weight excluding hydrogens is 248 g/mol. The lowest BCUT2D eigenvalue weighted by atomic mass is 10.1. The van der Waals surface area contributed by atoms with E-state index >= 15 is 0 Å². The van der Waals surface area contributed by atoms with Crippen LogP contribution in [-0.4, -0.2) is 5.25 Å². The van der Waals surface area contributed by atoms with E-state index in [1.54, 1.807) is 0 Å². The van der Waals surface area contributed by atoms with Gasteiger partial charge >= 0.3 is 0 Å². The zero-order chi connectivity index (χ0) is 14.8.